The summed E-state index contributed by atoms with van der Waals surface area (Å²) in [6, 6.07) is -0.268. The highest BCUT2D eigenvalue weighted by atomic mass is 32.2. The largest absolute Gasteiger partial charge is 0.351 e. The van der Waals surface area contributed by atoms with Crippen molar-refractivity contribution in [2.45, 2.75) is 64.0 Å². The summed E-state index contributed by atoms with van der Waals surface area (Å²) in [5.41, 5.74) is 0. The molecule has 1 saturated carbocycles. The maximum atomic E-state index is 12.2. The van der Waals surface area contributed by atoms with Gasteiger partial charge in [0.1, 0.15) is 18.2 Å². The Labute approximate surface area is 136 Å². The Hall–Kier alpha value is -1.44. The minimum atomic E-state index is -2.98. The van der Waals surface area contributed by atoms with Crippen LogP contribution >= 0.6 is 0 Å². The molecular weight excluding hydrogens is 316 g/mol. The van der Waals surface area contributed by atoms with Gasteiger partial charge >= 0.3 is 0 Å². The van der Waals surface area contributed by atoms with Crippen LogP contribution < -0.4 is 5.32 Å². The smallest absolute Gasteiger partial charge is 0.242 e. The summed E-state index contributed by atoms with van der Waals surface area (Å²) in [6.45, 7) is 1.95. The number of hydrogen-bond donors (Lipinski definition) is 1. The maximum Gasteiger partial charge on any atom is 0.242 e. The summed E-state index contributed by atoms with van der Waals surface area (Å²) >= 11 is 0. The average Bonchev–Trinajstić information content (AvgIpc) is 3.02. The van der Waals surface area contributed by atoms with Gasteiger partial charge in [-0.25, -0.2) is 18.1 Å². The number of carbonyl (C=O) groups is 1. The van der Waals surface area contributed by atoms with E-state index < -0.39 is 9.84 Å². The Morgan fingerprint density at radius 3 is 2.65 bits per heavy atom. The van der Waals surface area contributed by atoms with Gasteiger partial charge in [0.2, 0.25) is 5.91 Å². The molecule has 2 aliphatic rings. The Kier molecular flexibility index (Phi) is 4.70. The van der Waals surface area contributed by atoms with Crippen LogP contribution in [-0.2, 0) is 21.2 Å². The van der Waals surface area contributed by atoms with Crippen LogP contribution in [0, 0.1) is 6.92 Å². The fraction of sp³-hybridized carbons (Fsp3) is 0.800. The lowest BCUT2D eigenvalue weighted by atomic mass is 9.89. The summed E-state index contributed by atoms with van der Waals surface area (Å²) in [6.07, 6.45) is 6.35. The van der Waals surface area contributed by atoms with E-state index in [2.05, 4.69) is 15.4 Å². The van der Waals surface area contributed by atoms with Crippen molar-refractivity contribution in [3.05, 3.63) is 11.6 Å². The summed E-state index contributed by atoms with van der Waals surface area (Å²) in [4.78, 5) is 16.7. The molecule has 1 saturated heterocycles. The Balaban J connectivity index is 1.64. The van der Waals surface area contributed by atoms with E-state index in [1.54, 1.807) is 4.68 Å². The molecule has 0 aromatic carbocycles. The second kappa shape index (κ2) is 6.59. The molecule has 0 unspecified atom stereocenters. The van der Waals surface area contributed by atoms with Gasteiger partial charge in [-0.1, -0.05) is 19.3 Å². The number of amides is 1. The number of hydrogen-bond acceptors (Lipinski definition) is 5. The van der Waals surface area contributed by atoms with Crippen molar-refractivity contribution in [2.75, 3.05) is 11.5 Å². The SMILES string of the molecule is Cc1nc(C2CCCCC2)n(CC(=O)N[C@@H]2CCS(=O)(=O)C2)n1. The van der Waals surface area contributed by atoms with Crippen molar-refractivity contribution in [1.29, 1.82) is 0 Å². The van der Waals surface area contributed by atoms with Gasteiger partial charge in [0.25, 0.3) is 0 Å². The standard InChI is InChI=1S/C15H24N4O3S/c1-11-16-15(12-5-3-2-4-6-12)19(18-11)9-14(20)17-13-7-8-23(21,22)10-13/h12-13H,2-10H2,1H3,(H,17,20)/t13-/m1/s1. The lowest BCUT2D eigenvalue weighted by Crippen LogP contribution is -2.38. The topological polar surface area (TPSA) is 94.0 Å². The van der Waals surface area contributed by atoms with Crippen molar-refractivity contribution >= 4 is 15.7 Å². The fourth-order valence-corrected chi connectivity index (χ4v) is 5.24. The van der Waals surface area contributed by atoms with Crippen LogP contribution in [0.1, 0.15) is 56.1 Å². The molecule has 1 atom stereocenters. The fourth-order valence-electron chi connectivity index (χ4n) is 3.57. The summed E-state index contributed by atoms with van der Waals surface area (Å²) < 4.78 is 24.6. The van der Waals surface area contributed by atoms with Gasteiger partial charge in [-0.3, -0.25) is 4.79 Å². The summed E-state index contributed by atoms with van der Waals surface area (Å²) in [5, 5.41) is 7.17. The molecule has 1 aliphatic carbocycles. The van der Waals surface area contributed by atoms with Gasteiger partial charge in [-0.15, -0.1) is 0 Å². The lowest BCUT2D eigenvalue weighted by Gasteiger charge is -2.21. The van der Waals surface area contributed by atoms with Crippen LogP contribution in [0.4, 0.5) is 0 Å². The molecule has 7 nitrogen and oxygen atoms in total. The number of nitrogens with zero attached hydrogens (tertiary/aromatic N) is 3. The third kappa shape index (κ3) is 4.10. The molecule has 3 rings (SSSR count). The van der Waals surface area contributed by atoms with E-state index in [1.807, 2.05) is 6.92 Å². The van der Waals surface area contributed by atoms with Gasteiger partial charge in [-0.05, 0) is 26.2 Å². The molecule has 23 heavy (non-hydrogen) atoms. The van der Waals surface area contributed by atoms with Crippen molar-refractivity contribution in [1.82, 2.24) is 20.1 Å². The van der Waals surface area contributed by atoms with Gasteiger partial charge in [0.15, 0.2) is 9.84 Å². The van der Waals surface area contributed by atoms with Gasteiger partial charge in [-0.2, -0.15) is 5.10 Å². The molecule has 0 radical (unpaired) electrons. The predicted octanol–water partition coefficient (Wildman–Crippen LogP) is 0.938. The third-order valence-corrected chi connectivity index (χ3v) is 6.44. The number of nitrogens with one attached hydrogen (secondary N) is 1. The molecule has 2 fully saturated rings. The first-order valence-electron chi connectivity index (χ1n) is 8.34. The highest BCUT2D eigenvalue weighted by molar-refractivity contribution is 7.91. The van der Waals surface area contributed by atoms with Crippen molar-refractivity contribution < 1.29 is 13.2 Å². The Morgan fingerprint density at radius 2 is 2.00 bits per heavy atom. The van der Waals surface area contributed by atoms with Crippen molar-refractivity contribution in [3.63, 3.8) is 0 Å². The molecule has 0 bridgehead atoms. The van der Waals surface area contributed by atoms with Crippen LogP contribution in [0.5, 0.6) is 0 Å². The monoisotopic (exact) mass is 340 g/mol. The van der Waals surface area contributed by atoms with Crippen LogP contribution in [0.25, 0.3) is 0 Å². The van der Waals surface area contributed by atoms with Crippen molar-refractivity contribution in [3.8, 4) is 0 Å². The van der Waals surface area contributed by atoms with Crippen LogP contribution in [0.3, 0.4) is 0 Å². The number of aromatic nitrogens is 3. The van der Waals surface area contributed by atoms with Crippen LogP contribution in [0.2, 0.25) is 0 Å². The van der Waals surface area contributed by atoms with E-state index in [4.69, 9.17) is 0 Å². The first kappa shape index (κ1) is 16.4. The average molecular weight is 340 g/mol. The molecular formula is C15H24N4O3S. The molecule has 1 aromatic heterocycles. The van der Waals surface area contributed by atoms with Gasteiger partial charge in [0.05, 0.1) is 11.5 Å². The second-order valence-corrected chi connectivity index (χ2v) is 8.91. The highest BCUT2D eigenvalue weighted by Gasteiger charge is 2.29. The van der Waals surface area contributed by atoms with E-state index in [9.17, 15) is 13.2 Å². The second-order valence-electron chi connectivity index (χ2n) is 6.68. The van der Waals surface area contributed by atoms with Gasteiger partial charge < -0.3 is 5.32 Å². The van der Waals surface area contributed by atoms with E-state index in [-0.39, 0.29) is 30.0 Å². The Morgan fingerprint density at radius 1 is 1.26 bits per heavy atom. The third-order valence-electron chi connectivity index (χ3n) is 4.67. The molecule has 1 N–H and O–H groups in total. The van der Waals surface area contributed by atoms with E-state index >= 15 is 0 Å². The molecule has 0 spiro atoms. The predicted molar refractivity (Wildman–Crippen MR) is 85.8 cm³/mol. The minimum Gasteiger partial charge on any atom is -0.351 e. The minimum absolute atomic E-state index is 0.0462. The zero-order chi connectivity index (χ0) is 16.4. The van der Waals surface area contributed by atoms with E-state index in [1.165, 1.54) is 19.3 Å². The molecule has 1 aliphatic heterocycles. The molecule has 1 aromatic rings. The molecule has 128 valence electrons. The van der Waals surface area contributed by atoms with Crippen molar-refractivity contribution in [2.24, 2.45) is 0 Å². The zero-order valence-electron chi connectivity index (χ0n) is 13.5. The van der Waals surface area contributed by atoms with Crippen LogP contribution in [0.15, 0.2) is 0 Å². The van der Waals surface area contributed by atoms with E-state index in [0.717, 1.165) is 18.7 Å². The molecule has 1 amide bonds. The highest BCUT2D eigenvalue weighted by Crippen LogP contribution is 2.31. The normalized spacial score (nSPS) is 24.7. The number of aryl methyl sites for hydroxylation is 1. The lowest BCUT2D eigenvalue weighted by molar-refractivity contribution is -0.122. The zero-order valence-corrected chi connectivity index (χ0v) is 14.3. The van der Waals surface area contributed by atoms with Crippen LogP contribution in [-0.4, -0.2) is 46.6 Å². The maximum absolute atomic E-state index is 12.2. The number of carbonyl (C=O) groups excluding carboxylic acids is 1. The summed E-state index contributed by atoms with van der Waals surface area (Å²) in [7, 11) is -2.98. The van der Waals surface area contributed by atoms with Gasteiger partial charge in [0, 0.05) is 12.0 Å². The first-order chi connectivity index (χ1) is 10.9. The van der Waals surface area contributed by atoms with E-state index in [0.29, 0.717) is 18.2 Å². The molecule has 2 heterocycles. The first-order valence-corrected chi connectivity index (χ1v) is 10.2. The Bertz CT molecular complexity index is 677. The quantitative estimate of drug-likeness (QED) is 0.880. The number of sulfone groups is 1. The summed E-state index contributed by atoms with van der Waals surface area (Å²) in [5.74, 6) is 1.98. The number of rotatable bonds is 4. The molecule has 8 heteroatoms.